The quantitative estimate of drug-likeness (QED) is 0.317. The highest BCUT2D eigenvalue weighted by atomic mass is 16.4. The van der Waals surface area contributed by atoms with Crippen molar-refractivity contribution in [3.63, 3.8) is 0 Å². The number of carboxylic acid groups (broad SMARTS) is 1. The van der Waals surface area contributed by atoms with E-state index in [1.54, 1.807) is 0 Å². The zero-order valence-electron chi connectivity index (χ0n) is 13.9. The van der Waals surface area contributed by atoms with Gasteiger partial charge in [-0.25, -0.2) is 0 Å². The van der Waals surface area contributed by atoms with Gasteiger partial charge in [0.25, 0.3) is 0 Å². The van der Waals surface area contributed by atoms with Gasteiger partial charge in [-0.1, -0.05) is 64.0 Å². The molecule has 1 aliphatic carbocycles. The zero-order valence-corrected chi connectivity index (χ0v) is 13.9. The molecule has 1 N–H and O–H groups in total. The standard InChI is InChI=1S/C19H34O2/c1-2-3-4-5-7-10-13-17-16-18(17)14-11-8-6-9-12-15-19(20)21/h7,10,17-18H,2-6,8-9,11-16H2,1H3,(H,20,21)/b10-7-. The van der Waals surface area contributed by atoms with Crippen molar-refractivity contribution in [3.05, 3.63) is 12.2 Å². The minimum atomic E-state index is -0.654. The normalized spacial score (nSPS) is 21.0. The number of unbranched alkanes of at least 4 members (excludes halogenated alkanes) is 7. The average molecular weight is 294 g/mol. The Morgan fingerprint density at radius 1 is 1.00 bits per heavy atom. The molecule has 1 rings (SSSR count). The van der Waals surface area contributed by atoms with Crippen molar-refractivity contribution >= 4 is 5.97 Å². The van der Waals surface area contributed by atoms with Gasteiger partial charge in [-0.05, 0) is 43.9 Å². The summed E-state index contributed by atoms with van der Waals surface area (Å²) in [6.45, 7) is 2.25. The number of rotatable bonds is 14. The van der Waals surface area contributed by atoms with E-state index in [1.165, 1.54) is 64.2 Å². The SMILES string of the molecule is CCCCC/C=C\CC1CC1CCCCCCCC(=O)O. The van der Waals surface area contributed by atoms with Gasteiger partial charge in [0, 0.05) is 6.42 Å². The zero-order chi connectivity index (χ0) is 15.3. The van der Waals surface area contributed by atoms with E-state index in [4.69, 9.17) is 5.11 Å². The monoisotopic (exact) mass is 294 g/mol. The smallest absolute Gasteiger partial charge is 0.303 e. The van der Waals surface area contributed by atoms with Gasteiger partial charge in [-0.3, -0.25) is 4.79 Å². The first-order valence-electron chi connectivity index (χ1n) is 9.10. The molecule has 0 saturated heterocycles. The highest BCUT2D eigenvalue weighted by Gasteiger charge is 2.34. The molecule has 2 nitrogen and oxygen atoms in total. The predicted molar refractivity (Wildman–Crippen MR) is 89.5 cm³/mol. The molecule has 0 bridgehead atoms. The van der Waals surface area contributed by atoms with Crippen LogP contribution < -0.4 is 0 Å². The van der Waals surface area contributed by atoms with Crippen molar-refractivity contribution in [2.24, 2.45) is 11.8 Å². The van der Waals surface area contributed by atoms with Gasteiger partial charge in [-0.2, -0.15) is 0 Å². The summed E-state index contributed by atoms with van der Waals surface area (Å²) in [5.41, 5.74) is 0. The highest BCUT2D eigenvalue weighted by molar-refractivity contribution is 5.66. The van der Waals surface area contributed by atoms with E-state index in [-0.39, 0.29) is 0 Å². The molecule has 2 unspecified atom stereocenters. The van der Waals surface area contributed by atoms with E-state index >= 15 is 0 Å². The van der Waals surface area contributed by atoms with Crippen LogP contribution in [0.4, 0.5) is 0 Å². The third kappa shape index (κ3) is 10.6. The maximum atomic E-state index is 10.4. The summed E-state index contributed by atoms with van der Waals surface area (Å²) in [5, 5.41) is 8.55. The van der Waals surface area contributed by atoms with Crippen LogP contribution in [0.5, 0.6) is 0 Å². The molecule has 21 heavy (non-hydrogen) atoms. The lowest BCUT2D eigenvalue weighted by Gasteiger charge is -2.00. The van der Waals surface area contributed by atoms with Gasteiger partial charge in [0.1, 0.15) is 0 Å². The Balaban J connectivity index is 1.83. The molecular weight excluding hydrogens is 260 g/mol. The molecule has 1 saturated carbocycles. The Morgan fingerprint density at radius 3 is 2.52 bits per heavy atom. The van der Waals surface area contributed by atoms with Gasteiger partial charge in [0.2, 0.25) is 0 Å². The minimum absolute atomic E-state index is 0.343. The number of carboxylic acids is 1. The summed E-state index contributed by atoms with van der Waals surface area (Å²) in [6.07, 6.45) is 20.3. The molecule has 0 heterocycles. The van der Waals surface area contributed by atoms with Gasteiger partial charge in [0.05, 0.1) is 0 Å². The average Bonchev–Trinajstić information content (AvgIpc) is 3.20. The van der Waals surface area contributed by atoms with Crippen molar-refractivity contribution in [3.8, 4) is 0 Å². The lowest BCUT2D eigenvalue weighted by molar-refractivity contribution is -0.137. The van der Waals surface area contributed by atoms with Gasteiger partial charge >= 0.3 is 5.97 Å². The second-order valence-corrected chi connectivity index (χ2v) is 6.66. The summed E-state index contributed by atoms with van der Waals surface area (Å²) in [4.78, 5) is 10.4. The summed E-state index contributed by atoms with van der Waals surface area (Å²) >= 11 is 0. The molecule has 2 atom stereocenters. The fourth-order valence-electron chi connectivity index (χ4n) is 3.07. The molecule has 0 spiro atoms. The lowest BCUT2D eigenvalue weighted by Crippen LogP contribution is -1.93. The topological polar surface area (TPSA) is 37.3 Å². The van der Waals surface area contributed by atoms with E-state index in [1.807, 2.05) is 0 Å². The van der Waals surface area contributed by atoms with Crippen molar-refractivity contribution in [2.45, 2.75) is 90.4 Å². The fraction of sp³-hybridized carbons (Fsp3) is 0.842. The first-order valence-corrected chi connectivity index (χ1v) is 9.10. The summed E-state index contributed by atoms with van der Waals surface area (Å²) in [5.74, 6) is 1.31. The van der Waals surface area contributed by atoms with Crippen LogP contribution in [0.3, 0.4) is 0 Å². The van der Waals surface area contributed by atoms with Crippen molar-refractivity contribution in [1.82, 2.24) is 0 Å². The molecule has 2 heteroatoms. The Kier molecular flexibility index (Phi) is 10.3. The van der Waals surface area contributed by atoms with E-state index in [0.717, 1.165) is 24.7 Å². The van der Waals surface area contributed by atoms with Crippen LogP contribution in [-0.2, 0) is 4.79 Å². The molecule has 0 aromatic heterocycles. The number of aliphatic carboxylic acids is 1. The Labute approximate surface area is 131 Å². The van der Waals surface area contributed by atoms with Crippen LogP contribution >= 0.6 is 0 Å². The van der Waals surface area contributed by atoms with E-state index in [0.29, 0.717) is 6.42 Å². The molecule has 0 aliphatic heterocycles. The van der Waals surface area contributed by atoms with E-state index in [9.17, 15) is 4.79 Å². The molecular formula is C19H34O2. The molecule has 0 aromatic rings. The Hall–Kier alpha value is -0.790. The van der Waals surface area contributed by atoms with Gasteiger partial charge < -0.3 is 5.11 Å². The van der Waals surface area contributed by atoms with Crippen molar-refractivity contribution in [1.29, 1.82) is 0 Å². The largest absolute Gasteiger partial charge is 0.481 e. The molecule has 0 amide bonds. The van der Waals surface area contributed by atoms with Crippen LogP contribution in [0.2, 0.25) is 0 Å². The van der Waals surface area contributed by atoms with Crippen LogP contribution in [0.15, 0.2) is 12.2 Å². The Bertz CT molecular complexity index is 296. The second-order valence-electron chi connectivity index (χ2n) is 6.66. The number of carbonyl (C=O) groups is 1. The molecule has 1 fully saturated rings. The first kappa shape index (κ1) is 18.3. The predicted octanol–water partition coefficient (Wildman–Crippen LogP) is 5.96. The van der Waals surface area contributed by atoms with Crippen LogP contribution in [0.25, 0.3) is 0 Å². The van der Waals surface area contributed by atoms with Gasteiger partial charge in [0.15, 0.2) is 0 Å². The summed E-state index contributed by atoms with van der Waals surface area (Å²) in [7, 11) is 0. The van der Waals surface area contributed by atoms with Gasteiger partial charge in [-0.15, -0.1) is 0 Å². The second kappa shape index (κ2) is 11.8. The first-order chi connectivity index (χ1) is 10.2. The maximum Gasteiger partial charge on any atom is 0.303 e. The summed E-state index contributed by atoms with van der Waals surface area (Å²) < 4.78 is 0. The minimum Gasteiger partial charge on any atom is -0.481 e. The maximum absolute atomic E-state index is 10.4. The number of hydrogen-bond donors (Lipinski definition) is 1. The molecule has 0 radical (unpaired) electrons. The molecule has 122 valence electrons. The van der Waals surface area contributed by atoms with E-state index < -0.39 is 5.97 Å². The Morgan fingerprint density at radius 2 is 1.76 bits per heavy atom. The lowest BCUT2D eigenvalue weighted by atomic mass is 10.1. The highest BCUT2D eigenvalue weighted by Crippen LogP contribution is 2.45. The third-order valence-corrected chi connectivity index (χ3v) is 4.61. The van der Waals surface area contributed by atoms with Crippen LogP contribution in [0, 0.1) is 11.8 Å². The van der Waals surface area contributed by atoms with Crippen LogP contribution in [-0.4, -0.2) is 11.1 Å². The van der Waals surface area contributed by atoms with Crippen LogP contribution in [0.1, 0.15) is 90.4 Å². The molecule has 1 aliphatic rings. The van der Waals surface area contributed by atoms with Crippen molar-refractivity contribution < 1.29 is 9.90 Å². The van der Waals surface area contributed by atoms with Crippen molar-refractivity contribution in [2.75, 3.05) is 0 Å². The number of hydrogen-bond acceptors (Lipinski definition) is 1. The summed E-state index contributed by atoms with van der Waals surface area (Å²) in [6, 6.07) is 0. The number of allylic oxidation sites excluding steroid dienone is 2. The fourth-order valence-corrected chi connectivity index (χ4v) is 3.07. The van der Waals surface area contributed by atoms with E-state index in [2.05, 4.69) is 19.1 Å². The third-order valence-electron chi connectivity index (χ3n) is 4.61. The molecule has 0 aromatic carbocycles.